The molecule has 2 aromatic rings. The molecule has 138 valence electrons. The van der Waals surface area contributed by atoms with Crippen LogP contribution in [0.1, 0.15) is 48.9 Å². The summed E-state index contributed by atoms with van der Waals surface area (Å²) in [6.07, 6.45) is 3.80. The summed E-state index contributed by atoms with van der Waals surface area (Å²) in [6.45, 7) is 9.65. The predicted molar refractivity (Wildman–Crippen MR) is 105 cm³/mol. The lowest BCUT2D eigenvalue weighted by Gasteiger charge is -2.19. The first-order valence-corrected chi connectivity index (χ1v) is 10.0. The fraction of sp³-hybridized carbons (Fsp3) is 0.429. The lowest BCUT2D eigenvalue weighted by atomic mass is 10.0. The Hall–Kier alpha value is -2.14. The van der Waals surface area contributed by atoms with Crippen LogP contribution in [0.3, 0.4) is 0 Å². The van der Waals surface area contributed by atoms with Crippen molar-refractivity contribution in [3.8, 4) is 5.75 Å². The van der Waals surface area contributed by atoms with Crippen LogP contribution in [-0.2, 0) is 17.9 Å². The Bertz CT molecular complexity index is 765. The first-order chi connectivity index (χ1) is 12.6. The molecule has 1 aromatic carbocycles. The molecule has 0 unspecified atom stereocenters. The summed E-state index contributed by atoms with van der Waals surface area (Å²) in [7, 11) is 0. The number of rotatable bonds is 9. The molecule has 0 atom stereocenters. The highest BCUT2D eigenvalue weighted by atomic mass is 32.1. The van der Waals surface area contributed by atoms with Crippen molar-refractivity contribution in [2.24, 2.45) is 5.92 Å². The van der Waals surface area contributed by atoms with Gasteiger partial charge >= 0.3 is 0 Å². The molecule has 1 aliphatic rings. The van der Waals surface area contributed by atoms with E-state index in [2.05, 4.69) is 31.5 Å². The van der Waals surface area contributed by atoms with Crippen molar-refractivity contribution in [1.29, 1.82) is 0 Å². The van der Waals surface area contributed by atoms with Gasteiger partial charge < -0.3 is 9.64 Å². The van der Waals surface area contributed by atoms with Gasteiger partial charge in [-0.05, 0) is 30.4 Å². The smallest absolute Gasteiger partial charge is 0.226 e. The minimum Gasteiger partial charge on any atom is -0.486 e. The summed E-state index contributed by atoms with van der Waals surface area (Å²) in [5, 5.41) is 2.94. The van der Waals surface area contributed by atoms with E-state index in [-0.39, 0.29) is 11.8 Å². The Morgan fingerprint density at radius 3 is 2.88 bits per heavy atom. The van der Waals surface area contributed by atoms with Crippen LogP contribution < -0.4 is 4.74 Å². The third kappa shape index (κ3) is 4.73. The van der Waals surface area contributed by atoms with Gasteiger partial charge in [-0.15, -0.1) is 17.9 Å². The van der Waals surface area contributed by atoms with Crippen LogP contribution >= 0.6 is 11.3 Å². The van der Waals surface area contributed by atoms with Gasteiger partial charge in [0.1, 0.15) is 17.4 Å². The van der Waals surface area contributed by atoms with Gasteiger partial charge in [0.2, 0.25) is 5.91 Å². The van der Waals surface area contributed by atoms with Gasteiger partial charge in [-0.2, -0.15) is 0 Å². The average Bonchev–Trinajstić information content (AvgIpc) is 3.39. The van der Waals surface area contributed by atoms with Crippen LogP contribution in [0.25, 0.3) is 0 Å². The minimum absolute atomic E-state index is 0.212. The van der Waals surface area contributed by atoms with Crippen LogP contribution in [0.2, 0.25) is 0 Å². The van der Waals surface area contributed by atoms with Gasteiger partial charge in [-0.3, -0.25) is 4.79 Å². The van der Waals surface area contributed by atoms with Gasteiger partial charge in [-0.25, -0.2) is 4.98 Å². The lowest BCUT2D eigenvalue weighted by molar-refractivity contribution is -0.132. The van der Waals surface area contributed by atoms with E-state index in [4.69, 9.17) is 4.74 Å². The molecule has 0 spiro atoms. The highest BCUT2D eigenvalue weighted by Crippen LogP contribution is 2.31. The molecular formula is C21H26N2O2S. The number of ether oxygens (including phenoxy) is 1. The fourth-order valence-electron chi connectivity index (χ4n) is 2.89. The fourth-order valence-corrected chi connectivity index (χ4v) is 3.58. The zero-order chi connectivity index (χ0) is 18.5. The van der Waals surface area contributed by atoms with E-state index in [0.717, 1.165) is 29.3 Å². The zero-order valence-electron chi connectivity index (χ0n) is 15.5. The molecule has 1 aromatic heterocycles. The Kier molecular flexibility index (Phi) is 6.09. The molecule has 1 amide bonds. The van der Waals surface area contributed by atoms with E-state index >= 15 is 0 Å². The van der Waals surface area contributed by atoms with E-state index in [0.29, 0.717) is 25.6 Å². The summed E-state index contributed by atoms with van der Waals surface area (Å²) in [5.74, 6) is 1.76. The summed E-state index contributed by atoms with van der Waals surface area (Å²) < 4.78 is 6.00. The molecule has 26 heavy (non-hydrogen) atoms. The van der Waals surface area contributed by atoms with Crippen molar-refractivity contribution in [1.82, 2.24) is 9.88 Å². The van der Waals surface area contributed by atoms with Crippen molar-refractivity contribution in [2.45, 2.75) is 45.8 Å². The number of carbonyl (C=O) groups is 1. The maximum Gasteiger partial charge on any atom is 0.226 e. The van der Waals surface area contributed by atoms with E-state index in [1.54, 1.807) is 17.4 Å². The maximum atomic E-state index is 12.3. The normalized spacial score (nSPS) is 13.7. The second kappa shape index (κ2) is 8.49. The topological polar surface area (TPSA) is 42.4 Å². The SMILES string of the molecule is C=CCN(Cc1csc(COc2ccccc2C(C)C)n1)C(=O)C1CC1. The van der Waals surface area contributed by atoms with Gasteiger partial charge in [0.15, 0.2) is 0 Å². The van der Waals surface area contributed by atoms with Crippen molar-refractivity contribution in [2.75, 3.05) is 6.54 Å². The van der Waals surface area contributed by atoms with E-state index in [1.165, 1.54) is 5.56 Å². The molecular weight excluding hydrogens is 344 g/mol. The number of hydrogen-bond acceptors (Lipinski definition) is 4. The van der Waals surface area contributed by atoms with E-state index < -0.39 is 0 Å². The Morgan fingerprint density at radius 1 is 1.42 bits per heavy atom. The van der Waals surface area contributed by atoms with Crippen molar-refractivity contribution in [3.63, 3.8) is 0 Å². The molecule has 4 nitrogen and oxygen atoms in total. The van der Waals surface area contributed by atoms with Gasteiger partial charge in [0, 0.05) is 17.8 Å². The number of para-hydroxylation sites is 1. The van der Waals surface area contributed by atoms with Crippen molar-refractivity contribution < 1.29 is 9.53 Å². The molecule has 0 radical (unpaired) electrons. The third-order valence-electron chi connectivity index (χ3n) is 4.43. The summed E-state index contributed by atoms with van der Waals surface area (Å²) in [6, 6.07) is 8.13. The van der Waals surface area contributed by atoms with Gasteiger partial charge in [-0.1, -0.05) is 38.1 Å². The number of hydrogen-bond donors (Lipinski definition) is 0. The molecule has 0 saturated heterocycles. The third-order valence-corrected chi connectivity index (χ3v) is 5.30. The molecule has 1 saturated carbocycles. The molecule has 0 aliphatic heterocycles. The minimum atomic E-state index is 0.212. The molecule has 1 fully saturated rings. The number of thiazole rings is 1. The van der Waals surface area contributed by atoms with Crippen LogP contribution in [0.4, 0.5) is 0 Å². The molecule has 0 bridgehead atoms. The maximum absolute atomic E-state index is 12.3. The monoisotopic (exact) mass is 370 g/mol. The number of aromatic nitrogens is 1. The van der Waals surface area contributed by atoms with E-state index in [1.807, 2.05) is 28.5 Å². The Balaban J connectivity index is 1.61. The van der Waals surface area contributed by atoms with Crippen molar-refractivity contribution >= 4 is 17.2 Å². The number of nitrogens with zero attached hydrogens (tertiary/aromatic N) is 2. The molecule has 0 N–H and O–H groups in total. The predicted octanol–water partition coefficient (Wildman–Crippen LogP) is 4.77. The van der Waals surface area contributed by atoms with Gasteiger partial charge in [0.05, 0.1) is 12.2 Å². The quantitative estimate of drug-likeness (QED) is 0.597. The van der Waals surface area contributed by atoms with Crippen LogP contribution in [0.15, 0.2) is 42.3 Å². The standard InChI is InChI=1S/C21H26N2O2S/c1-4-11-23(21(24)16-9-10-16)12-17-14-26-20(22-17)13-25-19-8-6-5-7-18(19)15(2)3/h4-8,14-16H,1,9-13H2,2-3H3. The number of carbonyl (C=O) groups excluding carboxylic acids is 1. The number of benzene rings is 1. The average molecular weight is 371 g/mol. The van der Waals surface area contributed by atoms with Crippen LogP contribution in [0, 0.1) is 5.92 Å². The first-order valence-electron chi connectivity index (χ1n) is 9.13. The molecule has 5 heteroatoms. The van der Waals surface area contributed by atoms with Crippen LogP contribution in [0.5, 0.6) is 5.75 Å². The zero-order valence-corrected chi connectivity index (χ0v) is 16.3. The van der Waals surface area contributed by atoms with E-state index in [9.17, 15) is 4.79 Å². The second-order valence-electron chi connectivity index (χ2n) is 7.00. The lowest BCUT2D eigenvalue weighted by Crippen LogP contribution is -2.32. The van der Waals surface area contributed by atoms with Gasteiger partial charge in [0.25, 0.3) is 0 Å². The molecule has 1 aliphatic carbocycles. The largest absolute Gasteiger partial charge is 0.486 e. The van der Waals surface area contributed by atoms with Crippen LogP contribution in [-0.4, -0.2) is 22.3 Å². The number of amides is 1. The second-order valence-corrected chi connectivity index (χ2v) is 7.94. The highest BCUT2D eigenvalue weighted by Gasteiger charge is 2.33. The Labute approximate surface area is 159 Å². The summed E-state index contributed by atoms with van der Waals surface area (Å²) in [4.78, 5) is 18.8. The van der Waals surface area contributed by atoms with Crippen molar-refractivity contribution in [3.05, 3.63) is 58.6 Å². The summed E-state index contributed by atoms with van der Waals surface area (Å²) >= 11 is 1.58. The molecule has 1 heterocycles. The Morgan fingerprint density at radius 2 is 2.19 bits per heavy atom. The molecule has 3 rings (SSSR count). The summed E-state index contributed by atoms with van der Waals surface area (Å²) in [5.41, 5.74) is 2.12. The highest BCUT2D eigenvalue weighted by molar-refractivity contribution is 7.09. The first kappa shape index (κ1) is 18.6.